The normalized spacial score (nSPS) is 20.4. The minimum Gasteiger partial charge on any atom is -0.494 e. The first kappa shape index (κ1) is 22.4. The van der Waals surface area contributed by atoms with Crippen LogP contribution in [0.3, 0.4) is 0 Å². The van der Waals surface area contributed by atoms with Crippen molar-refractivity contribution in [1.82, 2.24) is 20.4 Å². The number of hydrogen-bond acceptors (Lipinski definition) is 5. The van der Waals surface area contributed by atoms with E-state index in [-0.39, 0.29) is 18.0 Å². The lowest BCUT2D eigenvalue weighted by Gasteiger charge is -2.33. The van der Waals surface area contributed by atoms with Crippen molar-refractivity contribution >= 4 is 17.6 Å². The molecule has 0 spiro atoms. The van der Waals surface area contributed by atoms with E-state index >= 15 is 0 Å². The van der Waals surface area contributed by atoms with Gasteiger partial charge in [0.15, 0.2) is 0 Å². The molecule has 2 aliphatic rings. The number of urea groups is 1. The molecule has 3 rings (SSSR count). The summed E-state index contributed by atoms with van der Waals surface area (Å²) in [5, 5.41) is 5.86. The molecule has 1 aromatic rings. The Morgan fingerprint density at radius 3 is 2.47 bits per heavy atom. The Bertz CT molecular complexity index is 689. The van der Waals surface area contributed by atoms with Crippen molar-refractivity contribution in [3.63, 3.8) is 0 Å². The number of piperazine rings is 1. The monoisotopic (exact) mass is 417 g/mol. The predicted molar refractivity (Wildman–Crippen MR) is 118 cm³/mol. The predicted octanol–water partition coefficient (Wildman–Crippen LogP) is 1.52. The fraction of sp³-hybridized carbons (Fsp3) is 0.636. The molecule has 0 bridgehead atoms. The fourth-order valence-electron chi connectivity index (χ4n) is 4.01. The van der Waals surface area contributed by atoms with Crippen molar-refractivity contribution < 1.29 is 14.3 Å². The topological polar surface area (TPSA) is 77.2 Å². The maximum atomic E-state index is 12.4. The molecule has 1 atom stereocenters. The number of rotatable bonds is 9. The van der Waals surface area contributed by atoms with Gasteiger partial charge in [-0.15, -0.1) is 0 Å². The molecule has 2 saturated heterocycles. The van der Waals surface area contributed by atoms with Gasteiger partial charge in [0.1, 0.15) is 5.75 Å². The van der Waals surface area contributed by atoms with Gasteiger partial charge in [-0.2, -0.15) is 0 Å². The number of ether oxygens (including phenoxy) is 1. The molecule has 1 aromatic carbocycles. The number of carbonyl (C=O) groups excluding carboxylic acids is 2. The van der Waals surface area contributed by atoms with Gasteiger partial charge in [0.25, 0.3) is 0 Å². The first-order valence-corrected chi connectivity index (χ1v) is 11.1. The van der Waals surface area contributed by atoms with Crippen molar-refractivity contribution in [2.45, 2.75) is 32.7 Å². The summed E-state index contributed by atoms with van der Waals surface area (Å²) in [6, 6.07) is 7.11. The van der Waals surface area contributed by atoms with E-state index in [2.05, 4.69) is 27.4 Å². The Morgan fingerprint density at radius 2 is 1.80 bits per heavy atom. The van der Waals surface area contributed by atoms with Crippen LogP contribution in [0, 0.1) is 0 Å². The Labute approximate surface area is 179 Å². The van der Waals surface area contributed by atoms with E-state index in [4.69, 9.17) is 4.74 Å². The smallest absolute Gasteiger partial charge is 0.315 e. The van der Waals surface area contributed by atoms with Crippen LogP contribution in [0.4, 0.5) is 10.5 Å². The lowest BCUT2D eigenvalue weighted by Crippen LogP contribution is -2.47. The van der Waals surface area contributed by atoms with Crippen molar-refractivity contribution in [3.8, 4) is 5.75 Å². The standard InChI is InChI=1S/C22H35N5O3/c1-3-25-12-14-26(15-13-25)11-5-10-23-22(29)24-18-16-21(28)27(17-18)19-6-8-20(9-7-19)30-4-2/h6-9,18H,3-5,10-17H2,1-2H3,(H2,23,24,29)/t18-/m0/s1. The molecule has 2 aliphatic heterocycles. The summed E-state index contributed by atoms with van der Waals surface area (Å²) < 4.78 is 5.45. The molecule has 2 heterocycles. The second-order valence-corrected chi connectivity index (χ2v) is 7.86. The van der Waals surface area contributed by atoms with Crippen molar-refractivity contribution in [1.29, 1.82) is 0 Å². The second-order valence-electron chi connectivity index (χ2n) is 7.86. The molecule has 8 nitrogen and oxygen atoms in total. The number of hydrogen-bond donors (Lipinski definition) is 2. The Kier molecular flexibility index (Phi) is 8.33. The molecule has 166 valence electrons. The van der Waals surface area contributed by atoms with Crippen LogP contribution in [0.5, 0.6) is 5.75 Å². The van der Waals surface area contributed by atoms with Crippen molar-refractivity contribution in [2.75, 3.05) is 63.9 Å². The number of amides is 3. The summed E-state index contributed by atoms with van der Waals surface area (Å²) >= 11 is 0. The maximum absolute atomic E-state index is 12.4. The number of likely N-dealkylation sites (N-methyl/N-ethyl adjacent to an activating group) is 1. The summed E-state index contributed by atoms with van der Waals surface area (Å²) in [7, 11) is 0. The zero-order chi connectivity index (χ0) is 21.3. The van der Waals surface area contributed by atoms with Gasteiger partial charge in [-0.3, -0.25) is 4.79 Å². The molecule has 8 heteroatoms. The third-order valence-corrected chi connectivity index (χ3v) is 5.77. The highest BCUT2D eigenvalue weighted by Gasteiger charge is 2.31. The van der Waals surface area contributed by atoms with Crippen LogP contribution < -0.4 is 20.3 Å². The molecule has 0 unspecified atom stereocenters. The van der Waals surface area contributed by atoms with Crippen LogP contribution in [0.1, 0.15) is 26.7 Å². The maximum Gasteiger partial charge on any atom is 0.315 e. The number of benzene rings is 1. The number of anilines is 1. The van der Waals surface area contributed by atoms with Crippen molar-refractivity contribution in [3.05, 3.63) is 24.3 Å². The van der Waals surface area contributed by atoms with Gasteiger partial charge in [0, 0.05) is 51.4 Å². The quantitative estimate of drug-likeness (QED) is 0.596. The van der Waals surface area contributed by atoms with Crippen LogP contribution in [0.2, 0.25) is 0 Å². The van der Waals surface area contributed by atoms with Crippen LogP contribution >= 0.6 is 0 Å². The lowest BCUT2D eigenvalue weighted by atomic mass is 10.2. The Morgan fingerprint density at radius 1 is 1.10 bits per heavy atom. The zero-order valence-electron chi connectivity index (χ0n) is 18.2. The van der Waals surface area contributed by atoms with Gasteiger partial charge in [-0.25, -0.2) is 4.79 Å². The molecule has 2 fully saturated rings. The van der Waals surface area contributed by atoms with E-state index in [1.165, 1.54) is 0 Å². The highest BCUT2D eigenvalue weighted by atomic mass is 16.5. The van der Waals surface area contributed by atoms with Crippen LogP contribution in [0.25, 0.3) is 0 Å². The van der Waals surface area contributed by atoms with Gasteiger partial charge in [-0.1, -0.05) is 6.92 Å². The van der Waals surface area contributed by atoms with E-state index < -0.39 is 0 Å². The summed E-state index contributed by atoms with van der Waals surface area (Å²) in [6.45, 7) is 12.5. The third-order valence-electron chi connectivity index (χ3n) is 5.77. The van der Waals surface area contributed by atoms with Crippen LogP contribution in [0.15, 0.2) is 24.3 Å². The van der Waals surface area contributed by atoms with E-state index in [9.17, 15) is 9.59 Å². The van der Waals surface area contributed by atoms with E-state index in [0.717, 1.165) is 57.1 Å². The largest absolute Gasteiger partial charge is 0.494 e. The lowest BCUT2D eigenvalue weighted by molar-refractivity contribution is -0.117. The highest BCUT2D eigenvalue weighted by Crippen LogP contribution is 2.24. The summed E-state index contributed by atoms with van der Waals surface area (Å²) in [5.74, 6) is 0.810. The van der Waals surface area contributed by atoms with Gasteiger partial charge in [-0.05, 0) is 50.7 Å². The minimum absolute atomic E-state index is 0.0238. The minimum atomic E-state index is -0.197. The molecule has 3 amide bonds. The molecule has 0 aliphatic carbocycles. The van der Waals surface area contributed by atoms with E-state index in [1.54, 1.807) is 4.90 Å². The van der Waals surface area contributed by atoms with Crippen LogP contribution in [-0.2, 0) is 4.79 Å². The number of nitrogens with one attached hydrogen (secondary N) is 2. The Balaban J connectivity index is 1.34. The molecule has 30 heavy (non-hydrogen) atoms. The summed E-state index contributed by atoms with van der Waals surface area (Å²) in [4.78, 5) is 31.2. The SMILES string of the molecule is CCOc1ccc(N2C[C@@H](NC(=O)NCCCN3CCN(CC)CC3)CC2=O)cc1. The van der Waals surface area contributed by atoms with Gasteiger partial charge >= 0.3 is 6.03 Å². The average molecular weight is 418 g/mol. The molecular weight excluding hydrogens is 382 g/mol. The number of nitrogens with zero attached hydrogens (tertiary/aromatic N) is 3. The number of carbonyl (C=O) groups is 2. The molecule has 0 saturated carbocycles. The van der Waals surface area contributed by atoms with E-state index in [1.807, 2.05) is 31.2 Å². The first-order chi connectivity index (χ1) is 14.6. The fourth-order valence-corrected chi connectivity index (χ4v) is 4.01. The highest BCUT2D eigenvalue weighted by molar-refractivity contribution is 5.96. The molecule has 2 N–H and O–H groups in total. The van der Waals surface area contributed by atoms with Gasteiger partial charge in [0.2, 0.25) is 5.91 Å². The van der Waals surface area contributed by atoms with Crippen LogP contribution in [-0.4, -0.2) is 86.7 Å². The summed E-state index contributed by atoms with van der Waals surface area (Å²) in [5.41, 5.74) is 0.830. The molecule has 0 radical (unpaired) electrons. The summed E-state index contributed by atoms with van der Waals surface area (Å²) in [6.07, 6.45) is 1.25. The van der Waals surface area contributed by atoms with E-state index in [0.29, 0.717) is 26.1 Å². The Hall–Kier alpha value is -2.32. The van der Waals surface area contributed by atoms with Gasteiger partial charge < -0.3 is 30.1 Å². The molecular formula is C22H35N5O3. The second kappa shape index (κ2) is 11.2. The first-order valence-electron chi connectivity index (χ1n) is 11.1. The third kappa shape index (κ3) is 6.34. The average Bonchev–Trinajstić information content (AvgIpc) is 3.12. The van der Waals surface area contributed by atoms with Crippen molar-refractivity contribution in [2.24, 2.45) is 0 Å². The molecule has 0 aromatic heterocycles. The van der Waals surface area contributed by atoms with Gasteiger partial charge in [0.05, 0.1) is 12.6 Å². The zero-order valence-corrected chi connectivity index (χ0v) is 18.2.